The minimum Gasteiger partial charge on any atom is -0.494 e. The van der Waals surface area contributed by atoms with Crippen LogP contribution in [0.3, 0.4) is 0 Å². The van der Waals surface area contributed by atoms with E-state index in [1.165, 1.54) is 18.4 Å². The number of benzene rings is 1. The second-order valence-corrected chi connectivity index (χ2v) is 5.09. The summed E-state index contributed by atoms with van der Waals surface area (Å²) >= 11 is 0. The van der Waals surface area contributed by atoms with Crippen LogP contribution in [0.25, 0.3) is 5.57 Å². The molecule has 108 valence electrons. The van der Waals surface area contributed by atoms with Crippen LogP contribution in [0.5, 0.6) is 5.75 Å². The standard InChI is InChI=1S/C17H23NO2/c1-3-5-7-13-10-11-16(18-19)17(13)14-8-6-9-15(12-14)20-4-2/h6,8-9,12,19H,3-5,7,10-11H2,1-2H3. The highest BCUT2D eigenvalue weighted by Crippen LogP contribution is 2.35. The monoisotopic (exact) mass is 273 g/mol. The molecule has 1 aromatic carbocycles. The van der Waals surface area contributed by atoms with Crippen LogP contribution in [0, 0.1) is 0 Å². The molecule has 0 amide bonds. The molecule has 0 unspecified atom stereocenters. The van der Waals surface area contributed by atoms with Crippen molar-refractivity contribution in [1.82, 2.24) is 0 Å². The molecule has 1 aromatic rings. The van der Waals surface area contributed by atoms with Crippen molar-refractivity contribution in [2.24, 2.45) is 5.16 Å². The van der Waals surface area contributed by atoms with Crippen molar-refractivity contribution in [2.45, 2.75) is 46.0 Å². The lowest BCUT2D eigenvalue weighted by molar-refractivity contribution is 0.319. The summed E-state index contributed by atoms with van der Waals surface area (Å²) in [5.41, 5.74) is 4.45. The summed E-state index contributed by atoms with van der Waals surface area (Å²) < 4.78 is 5.57. The van der Waals surface area contributed by atoms with Crippen LogP contribution in [-0.2, 0) is 0 Å². The average Bonchev–Trinajstić information content (AvgIpc) is 2.88. The number of hydrogen-bond donors (Lipinski definition) is 1. The topological polar surface area (TPSA) is 41.8 Å². The van der Waals surface area contributed by atoms with Gasteiger partial charge in [-0.2, -0.15) is 0 Å². The Kier molecular flexibility index (Phi) is 5.22. The molecule has 2 rings (SSSR count). The average molecular weight is 273 g/mol. The number of rotatable bonds is 6. The number of nitrogens with zero attached hydrogens (tertiary/aromatic N) is 1. The fraction of sp³-hybridized carbons (Fsp3) is 0.471. The van der Waals surface area contributed by atoms with Gasteiger partial charge in [0, 0.05) is 5.57 Å². The van der Waals surface area contributed by atoms with Crippen molar-refractivity contribution in [2.75, 3.05) is 6.61 Å². The molecule has 0 heterocycles. The predicted molar refractivity (Wildman–Crippen MR) is 82.5 cm³/mol. The van der Waals surface area contributed by atoms with Crippen LogP contribution in [-0.4, -0.2) is 17.5 Å². The van der Waals surface area contributed by atoms with Crippen LogP contribution in [0.4, 0.5) is 0 Å². The van der Waals surface area contributed by atoms with Crippen molar-refractivity contribution >= 4 is 11.3 Å². The van der Waals surface area contributed by atoms with E-state index < -0.39 is 0 Å². The Morgan fingerprint density at radius 3 is 2.80 bits per heavy atom. The van der Waals surface area contributed by atoms with E-state index >= 15 is 0 Å². The molecule has 20 heavy (non-hydrogen) atoms. The van der Waals surface area contributed by atoms with Crippen molar-refractivity contribution in [1.29, 1.82) is 0 Å². The first-order valence-electron chi connectivity index (χ1n) is 7.46. The first-order chi connectivity index (χ1) is 9.80. The normalized spacial score (nSPS) is 17.0. The summed E-state index contributed by atoms with van der Waals surface area (Å²) in [6.07, 6.45) is 5.30. The zero-order valence-corrected chi connectivity index (χ0v) is 12.4. The third-order valence-electron chi connectivity index (χ3n) is 3.69. The van der Waals surface area contributed by atoms with Gasteiger partial charge in [-0.05, 0) is 50.3 Å². The molecule has 1 aliphatic rings. The third-order valence-corrected chi connectivity index (χ3v) is 3.69. The molecule has 0 fully saturated rings. The summed E-state index contributed by atoms with van der Waals surface area (Å²) in [6, 6.07) is 8.07. The SMILES string of the molecule is CCCCC1=C(c2cccc(OCC)c2)C(=NO)CC1. The lowest BCUT2D eigenvalue weighted by atomic mass is 9.98. The van der Waals surface area contributed by atoms with Gasteiger partial charge < -0.3 is 9.94 Å². The molecule has 0 saturated heterocycles. The maximum absolute atomic E-state index is 9.24. The lowest BCUT2D eigenvalue weighted by Crippen LogP contribution is -1.99. The number of ether oxygens (including phenoxy) is 1. The lowest BCUT2D eigenvalue weighted by Gasteiger charge is -2.10. The fourth-order valence-electron chi connectivity index (χ4n) is 2.74. The molecule has 3 heteroatoms. The van der Waals surface area contributed by atoms with Gasteiger partial charge in [-0.25, -0.2) is 0 Å². The van der Waals surface area contributed by atoms with Gasteiger partial charge in [0.2, 0.25) is 0 Å². The van der Waals surface area contributed by atoms with Crippen LogP contribution in [0.15, 0.2) is 35.0 Å². The Bertz CT molecular complexity index is 517. The van der Waals surface area contributed by atoms with Crippen LogP contribution in [0.1, 0.15) is 51.5 Å². The maximum Gasteiger partial charge on any atom is 0.119 e. The molecule has 0 spiro atoms. The summed E-state index contributed by atoms with van der Waals surface area (Å²) in [7, 11) is 0. The van der Waals surface area contributed by atoms with Gasteiger partial charge in [0.15, 0.2) is 0 Å². The Labute approximate surface area is 121 Å². The van der Waals surface area contributed by atoms with E-state index in [4.69, 9.17) is 4.74 Å². The molecule has 3 nitrogen and oxygen atoms in total. The number of unbranched alkanes of at least 4 members (excludes halogenated alkanes) is 1. The van der Waals surface area contributed by atoms with Gasteiger partial charge in [-0.1, -0.05) is 36.2 Å². The van der Waals surface area contributed by atoms with E-state index in [-0.39, 0.29) is 0 Å². The molecule has 0 radical (unpaired) electrons. The second-order valence-electron chi connectivity index (χ2n) is 5.09. The molecule has 0 bridgehead atoms. The van der Waals surface area contributed by atoms with Gasteiger partial charge in [-0.3, -0.25) is 0 Å². The molecule has 1 N–H and O–H groups in total. The van der Waals surface area contributed by atoms with Gasteiger partial charge >= 0.3 is 0 Å². The first-order valence-corrected chi connectivity index (χ1v) is 7.46. The predicted octanol–water partition coefficient (Wildman–Crippen LogP) is 4.65. The molecule has 1 aliphatic carbocycles. The van der Waals surface area contributed by atoms with Crippen molar-refractivity contribution in [3.8, 4) is 5.75 Å². The Balaban J connectivity index is 2.36. The number of allylic oxidation sites excluding steroid dienone is 2. The van der Waals surface area contributed by atoms with Crippen LogP contribution >= 0.6 is 0 Å². The van der Waals surface area contributed by atoms with E-state index in [0.717, 1.165) is 41.9 Å². The summed E-state index contributed by atoms with van der Waals surface area (Å²) in [6.45, 7) is 4.84. The highest BCUT2D eigenvalue weighted by atomic mass is 16.5. The largest absolute Gasteiger partial charge is 0.494 e. The maximum atomic E-state index is 9.24. The van der Waals surface area contributed by atoms with Crippen molar-refractivity contribution < 1.29 is 9.94 Å². The minimum absolute atomic E-state index is 0.659. The van der Waals surface area contributed by atoms with Gasteiger partial charge in [0.1, 0.15) is 5.75 Å². The first kappa shape index (κ1) is 14.6. The number of hydrogen-bond acceptors (Lipinski definition) is 3. The quantitative estimate of drug-likeness (QED) is 0.605. The van der Waals surface area contributed by atoms with Gasteiger partial charge in [0.05, 0.1) is 12.3 Å². The highest BCUT2D eigenvalue weighted by molar-refractivity contribution is 6.26. The van der Waals surface area contributed by atoms with E-state index in [9.17, 15) is 5.21 Å². The van der Waals surface area contributed by atoms with Crippen molar-refractivity contribution in [3.63, 3.8) is 0 Å². The van der Waals surface area contributed by atoms with E-state index in [0.29, 0.717) is 6.61 Å². The van der Waals surface area contributed by atoms with E-state index in [1.54, 1.807) is 0 Å². The zero-order valence-electron chi connectivity index (χ0n) is 12.4. The van der Waals surface area contributed by atoms with E-state index in [2.05, 4.69) is 18.1 Å². The number of oxime groups is 1. The second kappa shape index (κ2) is 7.13. The molecule has 0 aliphatic heterocycles. The third kappa shape index (κ3) is 3.21. The zero-order chi connectivity index (χ0) is 14.4. The molecular weight excluding hydrogens is 250 g/mol. The van der Waals surface area contributed by atoms with Crippen molar-refractivity contribution in [3.05, 3.63) is 35.4 Å². The Hall–Kier alpha value is -1.77. The molecule has 0 atom stereocenters. The highest BCUT2D eigenvalue weighted by Gasteiger charge is 2.23. The van der Waals surface area contributed by atoms with Gasteiger partial charge in [0.25, 0.3) is 0 Å². The Morgan fingerprint density at radius 1 is 1.25 bits per heavy atom. The summed E-state index contributed by atoms with van der Waals surface area (Å²) in [5.74, 6) is 0.872. The fourth-order valence-corrected chi connectivity index (χ4v) is 2.74. The summed E-state index contributed by atoms with van der Waals surface area (Å²) in [5, 5.41) is 12.7. The minimum atomic E-state index is 0.659. The van der Waals surface area contributed by atoms with Gasteiger partial charge in [-0.15, -0.1) is 0 Å². The van der Waals surface area contributed by atoms with Crippen LogP contribution in [0.2, 0.25) is 0 Å². The Morgan fingerprint density at radius 2 is 2.10 bits per heavy atom. The van der Waals surface area contributed by atoms with E-state index in [1.807, 2.05) is 25.1 Å². The molecular formula is C17H23NO2. The smallest absolute Gasteiger partial charge is 0.119 e. The molecule has 0 aromatic heterocycles. The summed E-state index contributed by atoms with van der Waals surface area (Å²) in [4.78, 5) is 0. The molecule has 0 saturated carbocycles. The van der Waals surface area contributed by atoms with Crippen LogP contribution < -0.4 is 4.74 Å².